The van der Waals surface area contributed by atoms with Gasteiger partial charge in [0, 0.05) is 12.3 Å². The highest BCUT2D eigenvalue weighted by molar-refractivity contribution is 5.13. The largest absolute Gasteiger partial charge is 0.445 e. The fraction of sp³-hybridized carbons (Fsp3) is 0.769. The molecule has 2 heterocycles. The van der Waals surface area contributed by atoms with E-state index < -0.39 is 0 Å². The number of aromatic nitrogens is 1. The van der Waals surface area contributed by atoms with Gasteiger partial charge >= 0.3 is 0 Å². The third-order valence-corrected chi connectivity index (χ3v) is 3.26. The summed E-state index contributed by atoms with van der Waals surface area (Å²) in [7, 11) is 0. The van der Waals surface area contributed by atoms with Crippen LogP contribution in [0.4, 0.5) is 0 Å². The van der Waals surface area contributed by atoms with Crippen molar-refractivity contribution in [3.05, 3.63) is 17.3 Å². The maximum atomic E-state index is 5.89. The lowest BCUT2D eigenvalue weighted by Crippen LogP contribution is -2.10. The van der Waals surface area contributed by atoms with E-state index in [1.807, 2.05) is 0 Å². The second-order valence-corrected chi connectivity index (χ2v) is 4.99. The van der Waals surface area contributed by atoms with Crippen LogP contribution in [0.3, 0.4) is 0 Å². The van der Waals surface area contributed by atoms with Crippen LogP contribution >= 0.6 is 0 Å². The molecule has 0 saturated carbocycles. The van der Waals surface area contributed by atoms with E-state index >= 15 is 0 Å². The van der Waals surface area contributed by atoms with E-state index in [1.165, 1.54) is 6.42 Å². The molecule has 1 atom stereocenters. The molecular weight excluding hydrogens is 200 g/mol. The SMILES string of the molecule is CCc1nc(CC2CCNC2)oc1C(C)C. The van der Waals surface area contributed by atoms with Crippen LogP contribution in [0, 0.1) is 5.92 Å². The number of hydrogen-bond donors (Lipinski definition) is 1. The van der Waals surface area contributed by atoms with Crippen LogP contribution in [0.2, 0.25) is 0 Å². The van der Waals surface area contributed by atoms with E-state index in [0.717, 1.165) is 43.3 Å². The zero-order valence-electron chi connectivity index (χ0n) is 10.5. The smallest absolute Gasteiger partial charge is 0.194 e. The Morgan fingerprint density at radius 2 is 2.31 bits per heavy atom. The zero-order valence-corrected chi connectivity index (χ0v) is 10.5. The first kappa shape index (κ1) is 11.6. The number of hydrogen-bond acceptors (Lipinski definition) is 3. The van der Waals surface area contributed by atoms with Gasteiger partial charge in [0.2, 0.25) is 0 Å². The number of nitrogens with zero attached hydrogens (tertiary/aromatic N) is 1. The Bertz CT molecular complexity index is 338. The van der Waals surface area contributed by atoms with Crippen molar-refractivity contribution in [3.8, 4) is 0 Å². The molecule has 1 aromatic heterocycles. The van der Waals surface area contributed by atoms with Gasteiger partial charge in [0.15, 0.2) is 5.89 Å². The minimum absolute atomic E-state index is 0.443. The van der Waals surface area contributed by atoms with Gasteiger partial charge in [-0.3, -0.25) is 0 Å². The molecule has 0 aromatic carbocycles. The minimum Gasteiger partial charge on any atom is -0.445 e. The van der Waals surface area contributed by atoms with Gasteiger partial charge in [0.1, 0.15) is 5.76 Å². The van der Waals surface area contributed by atoms with Crippen LogP contribution in [0.25, 0.3) is 0 Å². The van der Waals surface area contributed by atoms with E-state index in [0.29, 0.717) is 11.8 Å². The van der Waals surface area contributed by atoms with Gasteiger partial charge < -0.3 is 9.73 Å². The molecule has 1 saturated heterocycles. The Morgan fingerprint density at radius 1 is 1.50 bits per heavy atom. The Kier molecular flexibility index (Phi) is 3.64. The molecule has 1 aromatic rings. The van der Waals surface area contributed by atoms with E-state index in [-0.39, 0.29) is 0 Å². The highest BCUT2D eigenvalue weighted by Crippen LogP contribution is 2.23. The topological polar surface area (TPSA) is 38.1 Å². The van der Waals surface area contributed by atoms with Crippen molar-refractivity contribution >= 4 is 0 Å². The van der Waals surface area contributed by atoms with Gasteiger partial charge in [-0.25, -0.2) is 4.98 Å². The van der Waals surface area contributed by atoms with Crippen LogP contribution < -0.4 is 5.32 Å². The first-order valence-corrected chi connectivity index (χ1v) is 6.39. The molecule has 0 bridgehead atoms. The summed E-state index contributed by atoms with van der Waals surface area (Å²) in [6, 6.07) is 0. The Balaban J connectivity index is 2.09. The van der Waals surface area contributed by atoms with Crippen molar-refractivity contribution in [1.82, 2.24) is 10.3 Å². The van der Waals surface area contributed by atoms with Gasteiger partial charge in [-0.15, -0.1) is 0 Å². The molecule has 16 heavy (non-hydrogen) atoms. The summed E-state index contributed by atoms with van der Waals surface area (Å²) in [5.41, 5.74) is 1.15. The van der Waals surface area contributed by atoms with Gasteiger partial charge in [0.25, 0.3) is 0 Å². The summed E-state index contributed by atoms with van der Waals surface area (Å²) < 4.78 is 5.89. The molecule has 1 unspecified atom stereocenters. The molecule has 1 fully saturated rings. The molecule has 90 valence electrons. The normalized spacial score (nSPS) is 20.9. The summed E-state index contributed by atoms with van der Waals surface area (Å²) in [5.74, 6) is 3.18. The highest BCUT2D eigenvalue weighted by Gasteiger charge is 2.20. The molecule has 0 amide bonds. The highest BCUT2D eigenvalue weighted by atomic mass is 16.4. The average molecular weight is 222 g/mol. The predicted octanol–water partition coefficient (Wildman–Crippen LogP) is 2.51. The van der Waals surface area contributed by atoms with Gasteiger partial charge in [-0.1, -0.05) is 20.8 Å². The maximum absolute atomic E-state index is 5.89. The molecule has 2 rings (SSSR count). The lowest BCUT2D eigenvalue weighted by Gasteiger charge is -2.03. The maximum Gasteiger partial charge on any atom is 0.194 e. The van der Waals surface area contributed by atoms with Crippen LogP contribution in [0.5, 0.6) is 0 Å². The van der Waals surface area contributed by atoms with Crippen LogP contribution in [-0.2, 0) is 12.8 Å². The van der Waals surface area contributed by atoms with Gasteiger partial charge in [-0.05, 0) is 31.8 Å². The average Bonchev–Trinajstić information content (AvgIpc) is 2.87. The molecule has 1 aliphatic heterocycles. The first-order valence-electron chi connectivity index (χ1n) is 6.39. The van der Waals surface area contributed by atoms with E-state index in [2.05, 4.69) is 31.1 Å². The van der Waals surface area contributed by atoms with Crippen molar-refractivity contribution in [1.29, 1.82) is 0 Å². The Hall–Kier alpha value is -0.830. The fourth-order valence-corrected chi connectivity index (χ4v) is 2.34. The van der Waals surface area contributed by atoms with Crippen molar-refractivity contribution in [2.75, 3.05) is 13.1 Å². The minimum atomic E-state index is 0.443. The second kappa shape index (κ2) is 5.00. The molecule has 0 aliphatic carbocycles. The fourth-order valence-electron chi connectivity index (χ4n) is 2.34. The molecule has 0 spiro atoms. The number of nitrogens with one attached hydrogen (secondary N) is 1. The number of rotatable bonds is 4. The number of oxazole rings is 1. The molecule has 0 radical (unpaired) electrons. The van der Waals surface area contributed by atoms with Crippen molar-refractivity contribution < 1.29 is 4.42 Å². The van der Waals surface area contributed by atoms with Crippen molar-refractivity contribution in [2.24, 2.45) is 5.92 Å². The monoisotopic (exact) mass is 222 g/mol. The van der Waals surface area contributed by atoms with Crippen LogP contribution in [0.15, 0.2) is 4.42 Å². The summed E-state index contributed by atoms with van der Waals surface area (Å²) in [6.45, 7) is 8.73. The third-order valence-electron chi connectivity index (χ3n) is 3.26. The molecular formula is C13H22N2O. The predicted molar refractivity (Wildman–Crippen MR) is 64.7 cm³/mol. The van der Waals surface area contributed by atoms with E-state index in [4.69, 9.17) is 4.42 Å². The molecule has 3 heteroatoms. The zero-order chi connectivity index (χ0) is 11.5. The van der Waals surface area contributed by atoms with Gasteiger partial charge in [0.05, 0.1) is 5.69 Å². The lowest BCUT2D eigenvalue weighted by atomic mass is 10.1. The van der Waals surface area contributed by atoms with Gasteiger partial charge in [-0.2, -0.15) is 0 Å². The number of aryl methyl sites for hydroxylation is 1. The standard InChI is InChI=1S/C13H22N2O/c1-4-11-13(9(2)3)16-12(15-11)7-10-5-6-14-8-10/h9-10,14H,4-8H2,1-3H3. The van der Waals surface area contributed by atoms with E-state index in [1.54, 1.807) is 0 Å². The van der Waals surface area contributed by atoms with Crippen LogP contribution in [0.1, 0.15) is 50.5 Å². The summed E-state index contributed by atoms with van der Waals surface area (Å²) >= 11 is 0. The van der Waals surface area contributed by atoms with Crippen LogP contribution in [-0.4, -0.2) is 18.1 Å². The van der Waals surface area contributed by atoms with E-state index in [9.17, 15) is 0 Å². The first-order chi connectivity index (χ1) is 7.70. The van der Waals surface area contributed by atoms with Crippen molar-refractivity contribution in [3.63, 3.8) is 0 Å². The quantitative estimate of drug-likeness (QED) is 0.850. The Morgan fingerprint density at radius 3 is 2.81 bits per heavy atom. The van der Waals surface area contributed by atoms with Crippen molar-refractivity contribution in [2.45, 2.75) is 46.0 Å². The lowest BCUT2D eigenvalue weighted by molar-refractivity contribution is 0.406. The molecule has 3 nitrogen and oxygen atoms in total. The molecule has 1 aliphatic rings. The third kappa shape index (κ3) is 2.46. The molecule has 1 N–H and O–H groups in total. The summed E-state index contributed by atoms with van der Waals surface area (Å²) in [4.78, 5) is 4.62. The second-order valence-electron chi connectivity index (χ2n) is 4.99. The summed E-state index contributed by atoms with van der Waals surface area (Å²) in [5, 5.41) is 3.38. The Labute approximate surface area is 97.6 Å². The summed E-state index contributed by atoms with van der Waals surface area (Å²) in [6.07, 6.45) is 3.22.